The van der Waals surface area contributed by atoms with Crippen molar-refractivity contribution in [3.63, 3.8) is 0 Å². The largest absolute Gasteiger partial charge is 0.370 e. The van der Waals surface area contributed by atoms with Crippen molar-refractivity contribution in [3.05, 3.63) is 41.7 Å². The van der Waals surface area contributed by atoms with Gasteiger partial charge in [0.25, 0.3) is 0 Å². The van der Waals surface area contributed by atoms with Crippen molar-refractivity contribution in [2.75, 3.05) is 18.0 Å². The molecule has 1 aliphatic heterocycles. The Balaban J connectivity index is 2.03. The molecule has 0 N–H and O–H groups in total. The van der Waals surface area contributed by atoms with Gasteiger partial charge in [-0.3, -0.25) is 0 Å². The average Bonchev–Trinajstić information content (AvgIpc) is 3.00. The fourth-order valence-electron chi connectivity index (χ4n) is 2.32. The van der Waals surface area contributed by atoms with Gasteiger partial charge in [0.05, 0.1) is 22.6 Å². The van der Waals surface area contributed by atoms with E-state index in [9.17, 15) is 0 Å². The quantitative estimate of drug-likeness (QED) is 0.813. The lowest BCUT2D eigenvalue weighted by Crippen LogP contribution is -2.19. The molecule has 1 aliphatic rings. The van der Waals surface area contributed by atoms with E-state index in [1.165, 1.54) is 18.5 Å². The minimum absolute atomic E-state index is 0.668. The molecule has 0 saturated carbocycles. The van der Waals surface area contributed by atoms with Gasteiger partial charge in [0.15, 0.2) is 0 Å². The Kier molecular flexibility index (Phi) is 2.77. The molecular formula is C13H14ClN3. The number of nitrogens with zero attached hydrogens (tertiary/aromatic N) is 3. The molecule has 4 heteroatoms. The van der Waals surface area contributed by atoms with Gasteiger partial charge >= 0.3 is 0 Å². The second kappa shape index (κ2) is 4.41. The first kappa shape index (κ1) is 10.7. The van der Waals surface area contributed by atoms with E-state index in [-0.39, 0.29) is 0 Å². The summed E-state index contributed by atoms with van der Waals surface area (Å²) in [6.07, 6.45) is 6.06. The van der Waals surface area contributed by atoms with Crippen LogP contribution in [-0.4, -0.2) is 22.9 Å². The predicted octanol–water partition coefficient (Wildman–Crippen LogP) is 3.13. The maximum atomic E-state index is 5.93. The Hall–Kier alpha value is -1.48. The summed E-state index contributed by atoms with van der Waals surface area (Å²) in [5.41, 5.74) is 2.34. The maximum absolute atomic E-state index is 5.93. The molecule has 88 valence electrons. The third-order valence-electron chi connectivity index (χ3n) is 3.13. The van der Waals surface area contributed by atoms with Crippen molar-refractivity contribution in [1.29, 1.82) is 0 Å². The second-order valence-corrected chi connectivity index (χ2v) is 4.72. The monoisotopic (exact) mass is 247 g/mol. The van der Waals surface area contributed by atoms with Crippen LogP contribution in [-0.2, 0) is 0 Å². The zero-order valence-electron chi connectivity index (χ0n) is 9.51. The van der Waals surface area contributed by atoms with Gasteiger partial charge in [0.1, 0.15) is 0 Å². The number of halogens is 1. The lowest BCUT2D eigenvalue weighted by atomic mass is 10.2. The van der Waals surface area contributed by atoms with E-state index in [1.54, 1.807) is 6.20 Å². The molecule has 0 radical (unpaired) electrons. The molecule has 2 heterocycles. The van der Waals surface area contributed by atoms with Gasteiger partial charge in [0.2, 0.25) is 0 Å². The van der Waals surface area contributed by atoms with E-state index in [1.807, 2.05) is 16.9 Å². The minimum Gasteiger partial charge on any atom is -0.370 e. The summed E-state index contributed by atoms with van der Waals surface area (Å²) in [5.74, 6) is 0. The molecule has 0 bridgehead atoms. The van der Waals surface area contributed by atoms with Crippen LogP contribution < -0.4 is 4.90 Å². The smallest absolute Gasteiger partial charge is 0.0879 e. The number of hydrogen-bond acceptors (Lipinski definition) is 2. The summed E-state index contributed by atoms with van der Waals surface area (Å²) < 4.78 is 1.84. The SMILES string of the molecule is Clc1cnn(-c2ccccc2N2CCCC2)c1. The van der Waals surface area contributed by atoms with Crippen LogP contribution in [0.3, 0.4) is 0 Å². The van der Waals surface area contributed by atoms with Gasteiger partial charge in [-0.05, 0) is 25.0 Å². The Bertz CT molecular complexity index is 515. The lowest BCUT2D eigenvalue weighted by molar-refractivity contribution is 0.862. The van der Waals surface area contributed by atoms with Crippen LogP contribution in [0.1, 0.15) is 12.8 Å². The molecule has 3 rings (SSSR count). The molecule has 0 atom stereocenters. The third-order valence-corrected chi connectivity index (χ3v) is 3.32. The van der Waals surface area contributed by atoms with Gasteiger partial charge < -0.3 is 4.90 Å². The summed E-state index contributed by atoms with van der Waals surface area (Å²) in [4.78, 5) is 2.41. The molecule has 1 aromatic heterocycles. The number of para-hydroxylation sites is 2. The van der Waals surface area contributed by atoms with E-state index in [4.69, 9.17) is 11.6 Å². The normalized spacial score (nSPS) is 15.5. The van der Waals surface area contributed by atoms with Crippen LogP contribution >= 0.6 is 11.6 Å². The molecule has 0 spiro atoms. The Morgan fingerprint density at radius 1 is 1.06 bits per heavy atom. The number of hydrogen-bond donors (Lipinski definition) is 0. The van der Waals surface area contributed by atoms with Gasteiger partial charge in [-0.15, -0.1) is 0 Å². The third kappa shape index (κ3) is 2.03. The molecule has 1 saturated heterocycles. The van der Waals surface area contributed by atoms with Gasteiger partial charge in [-0.25, -0.2) is 4.68 Å². The van der Waals surface area contributed by atoms with Crippen LogP contribution in [0.4, 0.5) is 5.69 Å². The first-order chi connectivity index (χ1) is 8.34. The molecule has 0 aliphatic carbocycles. The molecular weight excluding hydrogens is 234 g/mol. The zero-order chi connectivity index (χ0) is 11.7. The molecule has 0 unspecified atom stereocenters. The van der Waals surface area contributed by atoms with Crippen molar-refractivity contribution in [1.82, 2.24) is 9.78 Å². The van der Waals surface area contributed by atoms with Crippen LogP contribution in [0.2, 0.25) is 5.02 Å². The van der Waals surface area contributed by atoms with Crippen LogP contribution in [0.15, 0.2) is 36.7 Å². The zero-order valence-corrected chi connectivity index (χ0v) is 10.3. The fraction of sp³-hybridized carbons (Fsp3) is 0.308. The second-order valence-electron chi connectivity index (χ2n) is 4.29. The average molecular weight is 248 g/mol. The molecule has 1 fully saturated rings. The Morgan fingerprint density at radius 3 is 2.41 bits per heavy atom. The highest BCUT2D eigenvalue weighted by Crippen LogP contribution is 2.27. The summed E-state index contributed by atoms with van der Waals surface area (Å²) in [6, 6.07) is 8.33. The maximum Gasteiger partial charge on any atom is 0.0879 e. The first-order valence-electron chi connectivity index (χ1n) is 5.89. The number of anilines is 1. The number of aromatic nitrogens is 2. The van der Waals surface area contributed by atoms with Crippen molar-refractivity contribution >= 4 is 17.3 Å². The van der Waals surface area contributed by atoms with Crippen LogP contribution in [0.5, 0.6) is 0 Å². The number of rotatable bonds is 2. The van der Waals surface area contributed by atoms with Gasteiger partial charge in [-0.1, -0.05) is 23.7 Å². The summed E-state index contributed by atoms with van der Waals surface area (Å²) in [6.45, 7) is 2.26. The predicted molar refractivity (Wildman–Crippen MR) is 70.0 cm³/mol. The topological polar surface area (TPSA) is 21.1 Å². The molecule has 3 nitrogen and oxygen atoms in total. The van der Waals surface area contributed by atoms with E-state index in [0.717, 1.165) is 18.8 Å². The summed E-state index contributed by atoms with van der Waals surface area (Å²) in [7, 11) is 0. The molecule has 17 heavy (non-hydrogen) atoms. The molecule has 2 aromatic rings. The van der Waals surface area contributed by atoms with E-state index < -0.39 is 0 Å². The standard InChI is InChI=1S/C13H14ClN3/c14-11-9-15-17(10-11)13-6-2-1-5-12(13)16-7-3-4-8-16/h1-2,5-6,9-10H,3-4,7-8H2. The Morgan fingerprint density at radius 2 is 1.76 bits per heavy atom. The van der Waals surface area contributed by atoms with Crippen molar-refractivity contribution < 1.29 is 0 Å². The summed E-state index contributed by atoms with van der Waals surface area (Å²) in [5, 5.41) is 4.94. The van der Waals surface area contributed by atoms with Crippen molar-refractivity contribution in [2.24, 2.45) is 0 Å². The lowest BCUT2D eigenvalue weighted by Gasteiger charge is -2.20. The fourth-order valence-corrected chi connectivity index (χ4v) is 2.45. The van der Waals surface area contributed by atoms with Crippen LogP contribution in [0.25, 0.3) is 5.69 Å². The van der Waals surface area contributed by atoms with Crippen molar-refractivity contribution in [2.45, 2.75) is 12.8 Å². The van der Waals surface area contributed by atoms with Crippen LogP contribution in [0, 0.1) is 0 Å². The van der Waals surface area contributed by atoms with E-state index >= 15 is 0 Å². The van der Waals surface area contributed by atoms with Crippen molar-refractivity contribution in [3.8, 4) is 5.69 Å². The van der Waals surface area contributed by atoms with Gasteiger partial charge in [-0.2, -0.15) is 5.10 Å². The first-order valence-corrected chi connectivity index (χ1v) is 6.27. The Labute approximate surface area is 106 Å². The molecule has 1 aromatic carbocycles. The van der Waals surface area contributed by atoms with E-state index in [2.05, 4.69) is 28.2 Å². The number of benzene rings is 1. The summed E-state index contributed by atoms with van der Waals surface area (Å²) >= 11 is 5.93. The molecule has 0 amide bonds. The van der Waals surface area contributed by atoms with E-state index in [0.29, 0.717) is 5.02 Å². The highest BCUT2D eigenvalue weighted by molar-refractivity contribution is 6.30. The minimum atomic E-state index is 0.668. The highest BCUT2D eigenvalue weighted by Gasteiger charge is 2.16. The highest BCUT2D eigenvalue weighted by atomic mass is 35.5. The van der Waals surface area contributed by atoms with Gasteiger partial charge in [0, 0.05) is 19.3 Å².